The summed E-state index contributed by atoms with van der Waals surface area (Å²) in [5, 5.41) is 9.38. The van der Waals surface area contributed by atoms with Crippen molar-refractivity contribution in [2.45, 2.75) is 0 Å². The SMILES string of the molecule is c1ccc(-c2ccc(N(c3ccccc3)c3ccc(-c4ccc(N(c5ccccc5)c5cc6ccccc6c6c5oc5ccc7ccccc7c56)cc4)c4ccccc34)cc2)cc1. The molecule has 296 valence electrons. The first-order chi connectivity index (χ1) is 31.3. The van der Waals surface area contributed by atoms with Crippen LogP contribution in [0.4, 0.5) is 34.1 Å². The first kappa shape index (κ1) is 36.5. The summed E-state index contributed by atoms with van der Waals surface area (Å²) in [4.78, 5) is 4.71. The summed E-state index contributed by atoms with van der Waals surface area (Å²) in [5.74, 6) is 0. The second-order valence-corrected chi connectivity index (χ2v) is 16.1. The molecule has 0 spiro atoms. The maximum absolute atomic E-state index is 6.94. The van der Waals surface area contributed by atoms with Gasteiger partial charge in [-0.1, -0.05) is 176 Å². The van der Waals surface area contributed by atoms with Gasteiger partial charge in [0.15, 0.2) is 5.58 Å². The summed E-state index contributed by atoms with van der Waals surface area (Å²) in [5.41, 5.74) is 12.9. The quantitative estimate of drug-likeness (QED) is 0.153. The monoisotopic (exact) mass is 804 g/mol. The number of rotatable bonds is 8. The van der Waals surface area contributed by atoms with Crippen LogP contribution in [-0.4, -0.2) is 0 Å². The van der Waals surface area contributed by atoms with Crippen molar-refractivity contribution in [1.29, 1.82) is 0 Å². The van der Waals surface area contributed by atoms with Gasteiger partial charge in [0.1, 0.15) is 5.58 Å². The van der Waals surface area contributed by atoms with Crippen LogP contribution in [0.5, 0.6) is 0 Å². The van der Waals surface area contributed by atoms with Crippen LogP contribution in [0.15, 0.2) is 247 Å². The van der Waals surface area contributed by atoms with E-state index in [1.807, 2.05) is 0 Å². The predicted octanol–water partition coefficient (Wildman–Crippen LogP) is 17.3. The summed E-state index contributed by atoms with van der Waals surface area (Å²) in [7, 11) is 0. The van der Waals surface area contributed by atoms with Crippen molar-refractivity contribution in [2.24, 2.45) is 0 Å². The van der Waals surface area contributed by atoms with E-state index in [2.05, 4.69) is 252 Å². The molecule has 1 heterocycles. The molecule has 3 nitrogen and oxygen atoms in total. The molecule has 0 N–H and O–H groups in total. The Morgan fingerprint density at radius 3 is 1.41 bits per heavy atom. The number of para-hydroxylation sites is 2. The molecule has 1 aromatic heterocycles. The molecule has 0 aliphatic carbocycles. The van der Waals surface area contributed by atoms with Crippen LogP contribution in [0.2, 0.25) is 0 Å². The molecular weight excluding hydrogens is 765 g/mol. The van der Waals surface area contributed by atoms with E-state index in [1.54, 1.807) is 0 Å². The molecule has 0 saturated heterocycles. The Labute approximate surface area is 365 Å². The molecule has 0 atom stereocenters. The molecule has 0 bridgehead atoms. The number of nitrogens with zero attached hydrogens (tertiary/aromatic N) is 2. The Bertz CT molecular complexity index is 3600. The van der Waals surface area contributed by atoms with E-state index >= 15 is 0 Å². The molecule has 0 aliphatic heterocycles. The number of fused-ring (bicyclic) bond motifs is 8. The third kappa shape index (κ3) is 6.29. The maximum atomic E-state index is 6.94. The summed E-state index contributed by atoms with van der Waals surface area (Å²) in [6, 6.07) is 86.9. The standard InChI is InChI=1S/C60H40N2O/c1-4-16-41(17-5-1)42-28-33-48(34-29-42)61(46-20-6-2-7-21-46)55-38-37-50(53-26-14-15-27-54(53)55)44-30-35-49(36-31-44)62(47-22-8-3-9-23-47)56-40-45-19-11-13-25-52(45)59-58-51-24-12-10-18-43(51)32-39-57(58)63-60(56)59/h1-40H. The van der Waals surface area contributed by atoms with Gasteiger partial charge in [0.25, 0.3) is 0 Å². The zero-order chi connectivity index (χ0) is 41.7. The second-order valence-electron chi connectivity index (χ2n) is 16.1. The Morgan fingerprint density at radius 2 is 0.762 bits per heavy atom. The summed E-state index contributed by atoms with van der Waals surface area (Å²) in [6.45, 7) is 0. The van der Waals surface area contributed by atoms with Crippen molar-refractivity contribution in [3.63, 3.8) is 0 Å². The van der Waals surface area contributed by atoms with Crippen LogP contribution in [0.3, 0.4) is 0 Å². The van der Waals surface area contributed by atoms with Gasteiger partial charge in [-0.25, -0.2) is 0 Å². The molecule has 0 aliphatic rings. The average Bonchev–Trinajstić information content (AvgIpc) is 3.77. The van der Waals surface area contributed by atoms with Gasteiger partial charge in [-0.15, -0.1) is 0 Å². The van der Waals surface area contributed by atoms with Crippen molar-refractivity contribution >= 4 is 88.4 Å². The fraction of sp³-hybridized carbons (Fsp3) is 0. The van der Waals surface area contributed by atoms with E-state index in [0.29, 0.717) is 0 Å². The highest BCUT2D eigenvalue weighted by Gasteiger charge is 2.23. The van der Waals surface area contributed by atoms with E-state index in [-0.39, 0.29) is 0 Å². The molecular formula is C60H40N2O. The minimum absolute atomic E-state index is 0.868. The predicted molar refractivity (Wildman–Crippen MR) is 266 cm³/mol. The summed E-state index contributed by atoms with van der Waals surface area (Å²) < 4.78 is 6.94. The number of furan rings is 1. The highest BCUT2D eigenvalue weighted by atomic mass is 16.3. The fourth-order valence-corrected chi connectivity index (χ4v) is 9.50. The highest BCUT2D eigenvalue weighted by Crippen LogP contribution is 2.48. The van der Waals surface area contributed by atoms with Gasteiger partial charge in [0.2, 0.25) is 0 Å². The zero-order valence-corrected chi connectivity index (χ0v) is 34.4. The van der Waals surface area contributed by atoms with Crippen LogP contribution >= 0.6 is 0 Å². The summed E-state index contributed by atoms with van der Waals surface area (Å²) in [6.07, 6.45) is 0. The van der Waals surface area contributed by atoms with E-state index in [9.17, 15) is 0 Å². The van der Waals surface area contributed by atoms with Gasteiger partial charge in [-0.05, 0) is 116 Å². The van der Waals surface area contributed by atoms with Crippen LogP contribution in [-0.2, 0) is 0 Å². The fourth-order valence-electron chi connectivity index (χ4n) is 9.50. The lowest BCUT2D eigenvalue weighted by atomic mass is 9.95. The van der Waals surface area contributed by atoms with E-state index in [1.165, 1.54) is 43.6 Å². The largest absolute Gasteiger partial charge is 0.454 e. The number of hydrogen-bond acceptors (Lipinski definition) is 3. The third-order valence-electron chi connectivity index (χ3n) is 12.4. The molecule has 0 saturated carbocycles. The minimum atomic E-state index is 0.868. The highest BCUT2D eigenvalue weighted by molar-refractivity contribution is 6.29. The number of anilines is 6. The van der Waals surface area contributed by atoms with Gasteiger partial charge >= 0.3 is 0 Å². The first-order valence-corrected chi connectivity index (χ1v) is 21.5. The van der Waals surface area contributed by atoms with Gasteiger partial charge in [0, 0.05) is 38.9 Å². The van der Waals surface area contributed by atoms with Crippen LogP contribution in [0.1, 0.15) is 0 Å². The van der Waals surface area contributed by atoms with E-state index < -0.39 is 0 Å². The van der Waals surface area contributed by atoms with Crippen LogP contribution < -0.4 is 9.80 Å². The lowest BCUT2D eigenvalue weighted by Gasteiger charge is -2.28. The van der Waals surface area contributed by atoms with E-state index in [0.717, 1.165) is 67.0 Å². The Balaban J connectivity index is 0.989. The number of benzene rings is 11. The van der Waals surface area contributed by atoms with Crippen molar-refractivity contribution in [2.75, 3.05) is 9.80 Å². The van der Waals surface area contributed by atoms with Gasteiger partial charge in [-0.3, -0.25) is 0 Å². The van der Waals surface area contributed by atoms with Gasteiger partial charge in [0.05, 0.1) is 11.4 Å². The first-order valence-electron chi connectivity index (χ1n) is 21.5. The maximum Gasteiger partial charge on any atom is 0.160 e. The Kier molecular flexibility index (Phi) is 8.83. The Hall–Kier alpha value is -8.40. The molecule has 11 aromatic carbocycles. The Morgan fingerprint density at radius 1 is 0.286 bits per heavy atom. The molecule has 63 heavy (non-hydrogen) atoms. The van der Waals surface area contributed by atoms with Crippen molar-refractivity contribution in [3.05, 3.63) is 243 Å². The molecule has 12 aromatic rings. The number of hydrogen-bond donors (Lipinski definition) is 0. The van der Waals surface area contributed by atoms with Crippen molar-refractivity contribution < 1.29 is 4.42 Å². The normalized spacial score (nSPS) is 11.5. The summed E-state index contributed by atoms with van der Waals surface area (Å²) >= 11 is 0. The molecule has 3 heteroatoms. The zero-order valence-electron chi connectivity index (χ0n) is 34.4. The molecule has 12 rings (SSSR count). The second kappa shape index (κ2) is 15.3. The van der Waals surface area contributed by atoms with Gasteiger partial charge in [-0.2, -0.15) is 0 Å². The smallest absolute Gasteiger partial charge is 0.160 e. The molecule has 0 amide bonds. The van der Waals surface area contributed by atoms with Gasteiger partial charge < -0.3 is 14.2 Å². The topological polar surface area (TPSA) is 19.6 Å². The molecule has 0 unspecified atom stereocenters. The van der Waals surface area contributed by atoms with E-state index in [4.69, 9.17) is 4.42 Å². The lowest BCUT2D eigenvalue weighted by Crippen LogP contribution is -2.10. The van der Waals surface area contributed by atoms with Crippen molar-refractivity contribution in [3.8, 4) is 22.3 Å². The van der Waals surface area contributed by atoms with Crippen molar-refractivity contribution in [1.82, 2.24) is 0 Å². The van der Waals surface area contributed by atoms with Crippen LogP contribution in [0, 0.1) is 0 Å². The minimum Gasteiger partial charge on any atom is -0.454 e. The lowest BCUT2D eigenvalue weighted by molar-refractivity contribution is 0.669. The average molecular weight is 805 g/mol. The third-order valence-corrected chi connectivity index (χ3v) is 12.4. The van der Waals surface area contributed by atoms with Crippen LogP contribution in [0.25, 0.3) is 76.5 Å². The molecule has 0 fully saturated rings. The molecule has 0 radical (unpaired) electrons.